The molecule has 1 aromatic rings. The molecule has 0 spiro atoms. The quantitative estimate of drug-likeness (QED) is 0.596. The zero-order valence-corrected chi connectivity index (χ0v) is 7.47. The summed E-state index contributed by atoms with van der Waals surface area (Å²) in [7, 11) is 0. The van der Waals surface area contributed by atoms with Crippen molar-refractivity contribution in [1.82, 2.24) is 10.2 Å². The van der Waals surface area contributed by atoms with Gasteiger partial charge in [0.05, 0.1) is 0 Å². The molecule has 0 bridgehead atoms. The first-order chi connectivity index (χ1) is 6.70. The second kappa shape index (κ2) is 3.02. The van der Waals surface area contributed by atoms with Gasteiger partial charge in [-0.3, -0.25) is 9.59 Å². The molecule has 1 aliphatic rings. The molecule has 1 aromatic heterocycles. The summed E-state index contributed by atoms with van der Waals surface area (Å²) in [5.41, 5.74) is 0.417. The molecule has 0 aliphatic carbocycles. The van der Waals surface area contributed by atoms with Gasteiger partial charge in [0.25, 0.3) is 11.8 Å². The van der Waals surface area contributed by atoms with Crippen LogP contribution in [0.25, 0.3) is 0 Å². The highest BCUT2D eigenvalue weighted by Gasteiger charge is 2.30. The highest BCUT2D eigenvalue weighted by atomic mass is 16.2. The van der Waals surface area contributed by atoms with Gasteiger partial charge < -0.3 is 0 Å². The Morgan fingerprint density at radius 2 is 2.14 bits per heavy atom. The predicted octanol–water partition coefficient (Wildman–Crippen LogP) is 0.296. The van der Waals surface area contributed by atoms with E-state index in [0.717, 1.165) is 4.90 Å². The molecule has 0 radical (unpaired) electrons. The maximum Gasteiger partial charge on any atom is 0.262 e. The SMILES string of the molecule is CC1=CC(=O)N(c2cccnn2)C1=O. The molecule has 2 amide bonds. The molecule has 2 heterocycles. The Morgan fingerprint density at radius 1 is 1.36 bits per heavy atom. The zero-order valence-electron chi connectivity index (χ0n) is 7.47. The highest BCUT2D eigenvalue weighted by molar-refractivity contribution is 6.29. The molecule has 2 rings (SSSR count). The highest BCUT2D eigenvalue weighted by Crippen LogP contribution is 2.18. The third-order valence-corrected chi connectivity index (χ3v) is 1.89. The topological polar surface area (TPSA) is 63.2 Å². The third kappa shape index (κ3) is 1.19. The predicted molar refractivity (Wildman–Crippen MR) is 48.3 cm³/mol. The lowest BCUT2D eigenvalue weighted by atomic mass is 10.3. The molecule has 70 valence electrons. The summed E-state index contributed by atoms with van der Waals surface area (Å²) in [6.45, 7) is 1.59. The van der Waals surface area contributed by atoms with Gasteiger partial charge in [-0.25, -0.2) is 4.90 Å². The van der Waals surface area contributed by atoms with E-state index >= 15 is 0 Å². The van der Waals surface area contributed by atoms with E-state index in [-0.39, 0.29) is 17.6 Å². The molecule has 0 fully saturated rings. The van der Waals surface area contributed by atoms with Crippen LogP contribution in [0.3, 0.4) is 0 Å². The molecule has 1 aliphatic heterocycles. The van der Waals surface area contributed by atoms with Gasteiger partial charge in [0.1, 0.15) is 0 Å². The van der Waals surface area contributed by atoms with Crippen LogP contribution >= 0.6 is 0 Å². The lowest BCUT2D eigenvalue weighted by Crippen LogP contribution is -2.31. The lowest BCUT2D eigenvalue weighted by molar-refractivity contribution is -0.120. The van der Waals surface area contributed by atoms with Crippen LogP contribution in [0.15, 0.2) is 30.0 Å². The van der Waals surface area contributed by atoms with E-state index in [1.54, 1.807) is 19.1 Å². The molecule has 0 atom stereocenters. The monoisotopic (exact) mass is 189 g/mol. The number of rotatable bonds is 1. The molecule has 0 saturated carbocycles. The summed E-state index contributed by atoms with van der Waals surface area (Å²) >= 11 is 0. The van der Waals surface area contributed by atoms with Crippen molar-refractivity contribution in [2.24, 2.45) is 0 Å². The van der Waals surface area contributed by atoms with Crippen molar-refractivity contribution in [3.05, 3.63) is 30.0 Å². The fraction of sp³-hybridized carbons (Fsp3) is 0.111. The zero-order chi connectivity index (χ0) is 10.1. The number of carbonyl (C=O) groups is 2. The molecule has 0 aromatic carbocycles. The number of hydrogen-bond donors (Lipinski definition) is 0. The van der Waals surface area contributed by atoms with Gasteiger partial charge in [0.15, 0.2) is 5.82 Å². The molecule has 14 heavy (non-hydrogen) atoms. The Bertz CT molecular complexity index is 425. The van der Waals surface area contributed by atoms with Crippen LogP contribution in [0.4, 0.5) is 5.82 Å². The van der Waals surface area contributed by atoms with Crippen LogP contribution in [-0.4, -0.2) is 22.0 Å². The van der Waals surface area contributed by atoms with Crippen LogP contribution in [0.1, 0.15) is 6.92 Å². The van der Waals surface area contributed by atoms with E-state index in [0.29, 0.717) is 5.57 Å². The fourth-order valence-electron chi connectivity index (χ4n) is 1.22. The Kier molecular flexibility index (Phi) is 1.85. The Hall–Kier alpha value is -2.04. The van der Waals surface area contributed by atoms with Gasteiger partial charge in [0.2, 0.25) is 0 Å². The van der Waals surface area contributed by atoms with Crippen LogP contribution in [0.2, 0.25) is 0 Å². The van der Waals surface area contributed by atoms with Gasteiger partial charge in [-0.05, 0) is 19.1 Å². The Morgan fingerprint density at radius 3 is 2.64 bits per heavy atom. The summed E-state index contributed by atoms with van der Waals surface area (Å²) in [5, 5.41) is 7.30. The summed E-state index contributed by atoms with van der Waals surface area (Å²) < 4.78 is 0. The summed E-state index contributed by atoms with van der Waals surface area (Å²) in [6.07, 6.45) is 2.77. The van der Waals surface area contributed by atoms with E-state index in [2.05, 4.69) is 10.2 Å². The van der Waals surface area contributed by atoms with E-state index in [9.17, 15) is 9.59 Å². The number of carbonyl (C=O) groups excluding carboxylic acids is 2. The van der Waals surface area contributed by atoms with Crippen molar-refractivity contribution in [1.29, 1.82) is 0 Å². The number of nitrogens with zero attached hydrogens (tertiary/aromatic N) is 3. The normalized spacial score (nSPS) is 16.1. The van der Waals surface area contributed by atoms with Gasteiger partial charge in [-0.15, -0.1) is 5.10 Å². The molecule has 5 heteroatoms. The summed E-state index contributed by atoms with van der Waals surface area (Å²) in [6, 6.07) is 3.19. The Balaban J connectivity index is 2.39. The van der Waals surface area contributed by atoms with Gasteiger partial charge >= 0.3 is 0 Å². The first-order valence-corrected chi connectivity index (χ1v) is 4.04. The van der Waals surface area contributed by atoms with E-state index in [1.807, 2.05) is 0 Å². The maximum atomic E-state index is 11.5. The average Bonchev–Trinajstić information content (AvgIpc) is 2.43. The Labute approximate surface area is 80.1 Å². The molecular formula is C9H7N3O2. The van der Waals surface area contributed by atoms with Crippen LogP contribution in [0, 0.1) is 0 Å². The largest absolute Gasteiger partial charge is 0.269 e. The van der Waals surface area contributed by atoms with E-state index < -0.39 is 0 Å². The van der Waals surface area contributed by atoms with Crippen molar-refractivity contribution in [2.45, 2.75) is 6.92 Å². The van der Waals surface area contributed by atoms with Crippen molar-refractivity contribution >= 4 is 17.6 Å². The minimum atomic E-state index is -0.368. The van der Waals surface area contributed by atoms with Gasteiger partial charge in [0, 0.05) is 17.8 Å². The number of anilines is 1. The van der Waals surface area contributed by atoms with Crippen LogP contribution in [0.5, 0.6) is 0 Å². The molecular weight excluding hydrogens is 182 g/mol. The van der Waals surface area contributed by atoms with Gasteiger partial charge in [-0.2, -0.15) is 5.10 Å². The lowest BCUT2D eigenvalue weighted by Gasteiger charge is -2.11. The van der Waals surface area contributed by atoms with E-state index in [4.69, 9.17) is 0 Å². The van der Waals surface area contributed by atoms with Crippen LogP contribution < -0.4 is 4.90 Å². The molecule has 5 nitrogen and oxygen atoms in total. The summed E-state index contributed by atoms with van der Waals surface area (Å²) in [4.78, 5) is 23.8. The average molecular weight is 189 g/mol. The number of amides is 2. The second-order valence-electron chi connectivity index (χ2n) is 2.89. The first-order valence-electron chi connectivity index (χ1n) is 4.04. The van der Waals surface area contributed by atoms with E-state index in [1.165, 1.54) is 12.3 Å². The van der Waals surface area contributed by atoms with Crippen molar-refractivity contribution < 1.29 is 9.59 Å². The minimum Gasteiger partial charge on any atom is -0.269 e. The molecule has 0 N–H and O–H groups in total. The molecule has 0 unspecified atom stereocenters. The minimum absolute atomic E-state index is 0.260. The second-order valence-corrected chi connectivity index (χ2v) is 2.89. The van der Waals surface area contributed by atoms with Crippen LogP contribution in [-0.2, 0) is 9.59 Å². The number of imide groups is 1. The number of hydrogen-bond acceptors (Lipinski definition) is 4. The standard InChI is InChI=1S/C9H7N3O2/c1-6-5-8(13)12(9(6)14)7-3-2-4-10-11-7/h2-5H,1H3. The van der Waals surface area contributed by atoms with Crippen molar-refractivity contribution in [3.8, 4) is 0 Å². The smallest absolute Gasteiger partial charge is 0.262 e. The summed E-state index contributed by atoms with van der Waals surface area (Å²) in [5.74, 6) is -0.445. The van der Waals surface area contributed by atoms with Crippen molar-refractivity contribution in [2.75, 3.05) is 4.90 Å². The molecule has 0 saturated heterocycles. The first kappa shape index (κ1) is 8.55. The number of aromatic nitrogens is 2. The van der Waals surface area contributed by atoms with Crippen molar-refractivity contribution in [3.63, 3.8) is 0 Å². The third-order valence-electron chi connectivity index (χ3n) is 1.89. The van der Waals surface area contributed by atoms with Gasteiger partial charge in [-0.1, -0.05) is 0 Å². The maximum absolute atomic E-state index is 11.5. The fourth-order valence-corrected chi connectivity index (χ4v) is 1.22.